The van der Waals surface area contributed by atoms with Crippen molar-refractivity contribution in [1.82, 2.24) is 0 Å². The highest BCUT2D eigenvalue weighted by molar-refractivity contribution is 5.57. The average molecular weight is 215 g/mol. The van der Waals surface area contributed by atoms with Gasteiger partial charge >= 0.3 is 0 Å². The molecule has 0 heterocycles. The van der Waals surface area contributed by atoms with Gasteiger partial charge in [-0.3, -0.25) is 0 Å². The summed E-state index contributed by atoms with van der Waals surface area (Å²) in [4.78, 5) is 0. The largest absolute Gasteiger partial charge is 0.381 e. The minimum absolute atomic E-state index is 0.365. The highest BCUT2D eigenvalue weighted by Gasteiger charge is 2.18. The number of hydrogen-bond acceptors (Lipinski definition) is 3. The van der Waals surface area contributed by atoms with E-state index in [2.05, 4.69) is 11.4 Å². The molecule has 16 heavy (non-hydrogen) atoms. The standard InChI is InChI=1S/C13H17N3/c14-9-10-3-1-2-4-13(10)16-12-7-5-11(15)6-8-12/h1-4,11-12,16H,5-8,15H2. The number of benzene rings is 1. The fourth-order valence-electron chi connectivity index (χ4n) is 2.19. The van der Waals surface area contributed by atoms with E-state index >= 15 is 0 Å². The Bertz CT molecular complexity index is 386. The van der Waals surface area contributed by atoms with Gasteiger partial charge in [-0.1, -0.05) is 12.1 Å². The fraction of sp³-hybridized carbons (Fsp3) is 0.462. The maximum Gasteiger partial charge on any atom is 0.101 e. The third-order valence-electron chi connectivity index (χ3n) is 3.18. The van der Waals surface area contributed by atoms with Gasteiger partial charge in [0, 0.05) is 12.1 Å². The number of para-hydroxylation sites is 1. The topological polar surface area (TPSA) is 61.8 Å². The molecular weight excluding hydrogens is 198 g/mol. The molecule has 2 rings (SSSR count). The second-order valence-electron chi connectivity index (χ2n) is 4.41. The molecule has 0 aliphatic heterocycles. The van der Waals surface area contributed by atoms with Crippen LogP contribution >= 0.6 is 0 Å². The molecule has 1 saturated carbocycles. The number of anilines is 1. The molecule has 3 N–H and O–H groups in total. The smallest absolute Gasteiger partial charge is 0.101 e. The van der Waals surface area contributed by atoms with Crippen LogP contribution in [0.15, 0.2) is 24.3 Å². The van der Waals surface area contributed by atoms with Crippen molar-refractivity contribution in [3.8, 4) is 6.07 Å². The van der Waals surface area contributed by atoms with Gasteiger partial charge in [-0.2, -0.15) is 5.26 Å². The normalized spacial score (nSPS) is 24.8. The minimum Gasteiger partial charge on any atom is -0.381 e. The van der Waals surface area contributed by atoms with Crippen molar-refractivity contribution >= 4 is 5.69 Å². The van der Waals surface area contributed by atoms with Gasteiger partial charge < -0.3 is 11.1 Å². The SMILES string of the molecule is N#Cc1ccccc1NC1CCC(N)CC1. The van der Waals surface area contributed by atoms with Crippen LogP contribution in [0.1, 0.15) is 31.2 Å². The highest BCUT2D eigenvalue weighted by atomic mass is 14.9. The summed E-state index contributed by atoms with van der Waals surface area (Å²) in [6.45, 7) is 0. The van der Waals surface area contributed by atoms with Crippen LogP contribution in [0.25, 0.3) is 0 Å². The van der Waals surface area contributed by atoms with Crippen LogP contribution < -0.4 is 11.1 Å². The van der Waals surface area contributed by atoms with Crippen molar-refractivity contribution in [3.63, 3.8) is 0 Å². The summed E-state index contributed by atoms with van der Waals surface area (Å²) in [7, 11) is 0. The van der Waals surface area contributed by atoms with E-state index in [0.717, 1.165) is 36.9 Å². The lowest BCUT2D eigenvalue weighted by atomic mass is 9.91. The Morgan fingerprint density at radius 1 is 1.19 bits per heavy atom. The summed E-state index contributed by atoms with van der Waals surface area (Å²) in [5.74, 6) is 0. The zero-order chi connectivity index (χ0) is 11.4. The Kier molecular flexibility index (Phi) is 3.43. The van der Waals surface area contributed by atoms with Crippen molar-refractivity contribution in [2.75, 3.05) is 5.32 Å². The first-order chi connectivity index (χ1) is 7.79. The van der Waals surface area contributed by atoms with Crippen LogP contribution in [0.5, 0.6) is 0 Å². The Morgan fingerprint density at radius 2 is 1.88 bits per heavy atom. The van der Waals surface area contributed by atoms with E-state index in [1.54, 1.807) is 0 Å². The maximum atomic E-state index is 8.98. The van der Waals surface area contributed by atoms with Gasteiger partial charge in [-0.15, -0.1) is 0 Å². The molecule has 1 aliphatic carbocycles. The molecule has 1 aromatic rings. The van der Waals surface area contributed by atoms with E-state index in [1.165, 1.54) is 0 Å². The van der Waals surface area contributed by atoms with E-state index in [9.17, 15) is 0 Å². The van der Waals surface area contributed by atoms with Gasteiger partial charge in [-0.25, -0.2) is 0 Å². The van der Waals surface area contributed by atoms with Gasteiger partial charge in [0.15, 0.2) is 0 Å². The molecule has 84 valence electrons. The van der Waals surface area contributed by atoms with Crippen molar-refractivity contribution in [1.29, 1.82) is 5.26 Å². The molecule has 3 heteroatoms. The molecule has 0 spiro atoms. The summed E-state index contributed by atoms with van der Waals surface area (Å²) < 4.78 is 0. The first kappa shape index (κ1) is 11.0. The van der Waals surface area contributed by atoms with Crippen LogP contribution in [-0.2, 0) is 0 Å². The summed E-state index contributed by atoms with van der Waals surface area (Å²) in [6.07, 6.45) is 4.35. The van der Waals surface area contributed by atoms with Gasteiger partial charge in [-0.05, 0) is 37.8 Å². The average Bonchev–Trinajstić information content (AvgIpc) is 2.33. The molecule has 0 amide bonds. The second kappa shape index (κ2) is 5.00. The van der Waals surface area contributed by atoms with Crippen LogP contribution in [-0.4, -0.2) is 12.1 Å². The van der Waals surface area contributed by atoms with E-state index in [-0.39, 0.29) is 0 Å². The molecule has 0 saturated heterocycles. The molecule has 0 aromatic heterocycles. The number of nitrogens with two attached hydrogens (primary N) is 1. The summed E-state index contributed by atoms with van der Waals surface area (Å²) in [5.41, 5.74) is 7.54. The molecular formula is C13H17N3. The summed E-state index contributed by atoms with van der Waals surface area (Å²) >= 11 is 0. The third kappa shape index (κ3) is 2.53. The van der Waals surface area contributed by atoms with Crippen LogP contribution in [0.4, 0.5) is 5.69 Å². The van der Waals surface area contributed by atoms with Gasteiger partial charge in [0.1, 0.15) is 6.07 Å². The minimum atomic E-state index is 0.365. The number of nitriles is 1. The molecule has 0 bridgehead atoms. The Labute approximate surface area is 96.3 Å². The van der Waals surface area contributed by atoms with Gasteiger partial charge in [0.05, 0.1) is 11.3 Å². The number of hydrogen-bond donors (Lipinski definition) is 2. The number of nitrogens with zero attached hydrogens (tertiary/aromatic N) is 1. The number of nitrogens with one attached hydrogen (secondary N) is 1. The lowest BCUT2D eigenvalue weighted by Crippen LogP contribution is -2.32. The van der Waals surface area contributed by atoms with Crippen molar-refractivity contribution in [3.05, 3.63) is 29.8 Å². The Balaban J connectivity index is 2.01. The zero-order valence-electron chi connectivity index (χ0n) is 9.32. The second-order valence-corrected chi connectivity index (χ2v) is 4.41. The number of rotatable bonds is 2. The Morgan fingerprint density at radius 3 is 2.56 bits per heavy atom. The predicted molar refractivity (Wildman–Crippen MR) is 65.0 cm³/mol. The van der Waals surface area contributed by atoms with Crippen molar-refractivity contribution in [2.45, 2.75) is 37.8 Å². The first-order valence-electron chi connectivity index (χ1n) is 5.81. The Hall–Kier alpha value is -1.53. The van der Waals surface area contributed by atoms with E-state index in [1.807, 2.05) is 24.3 Å². The fourth-order valence-corrected chi connectivity index (χ4v) is 2.19. The van der Waals surface area contributed by atoms with E-state index in [4.69, 9.17) is 11.0 Å². The zero-order valence-corrected chi connectivity index (χ0v) is 9.32. The van der Waals surface area contributed by atoms with Crippen molar-refractivity contribution < 1.29 is 0 Å². The first-order valence-corrected chi connectivity index (χ1v) is 5.81. The lowest BCUT2D eigenvalue weighted by molar-refractivity contribution is 0.411. The maximum absolute atomic E-state index is 8.98. The quantitative estimate of drug-likeness (QED) is 0.795. The summed E-state index contributed by atoms with van der Waals surface area (Å²) in [6, 6.07) is 10.7. The van der Waals surface area contributed by atoms with Gasteiger partial charge in [0.25, 0.3) is 0 Å². The van der Waals surface area contributed by atoms with E-state index in [0.29, 0.717) is 12.1 Å². The molecule has 1 aliphatic rings. The molecule has 0 atom stereocenters. The molecule has 0 unspecified atom stereocenters. The van der Waals surface area contributed by atoms with Crippen LogP contribution in [0.3, 0.4) is 0 Å². The van der Waals surface area contributed by atoms with E-state index < -0.39 is 0 Å². The summed E-state index contributed by atoms with van der Waals surface area (Å²) in [5, 5.41) is 12.4. The lowest BCUT2D eigenvalue weighted by Gasteiger charge is -2.27. The van der Waals surface area contributed by atoms with Gasteiger partial charge in [0.2, 0.25) is 0 Å². The van der Waals surface area contributed by atoms with Crippen LogP contribution in [0.2, 0.25) is 0 Å². The predicted octanol–water partition coefficient (Wildman–Crippen LogP) is 2.24. The molecule has 0 radical (unpaired) electrons. The molecule has 3 nitrogen and oxygen atoms in total. The molecule has 1 aromatic carbocycles. The monoisotopic (exact) mass is 215 g/mol. The van der Waals surface area contributed by atoms with Crippen molar-refractivity contribution in [2.24, 2.45) is 5.73 Å². The third-order valence-corrected chi connectivity index (χ3v) is 3.18. The highest BCUT2D eigenvalue weighted by Crippen LogP contribution is 2.22. The van der Waals surface area contributed by atoms with Crippen LogP contribution in [0, 0.1) is 11.3 Å². The molecule has 1 fully saturated rings.